The number of halogens is 2. The van der Waals surface area contributed by atoms with Crippen molar-refractivity contribution in [3.8, 4) is 0 Å². The highest BCUT2D eigenvalue weighted by Gasteiger charge is 2.39. The first-order valence-electron chi connectivity index (χ1n) is 6.35. The van der Waals surface area contributed by atoms with E-state index in [-0.39, 0.29) is 5.82 Å². The van der Waals surface area contributed by atoms with E-state index in [0.29, 0.717) is 10.5 Å². The number of nitrogens with one attached hydrogen (secondary N) is 1. The maximum atomic E-state index is 13.3. The third-order valence-electron chi connectivity index (χ3n) is 4.35. The van der Waals surface area contributed by atoms with Crippen LogP contribution in [0.15, 0.2) is 16.6 Å². The van der Waals surface area contributed by atoms with E-state index in [9.17, 15) is 4.39 Å². The van der Waals surface area contributed by atoms with Crippen molar-refractivity contribution >= 4 is 21.6 Å². The average Bonchev–Trinajstić information content (AvgIpc) is 2.87. The minimum Gasteiger partial charge on any atom is -0.382 e. The normalized spacial score (nSPS) is 30.9. The number of fused-ring (bicyclic) bond motifs is 2. The van der Waals surface area contributed by atoms with Gasteiger partial charge < -0.3 is 5.32 Å². The van der Waals surface area contributed by atoms with E-state index in [4.69, 9.17) is 0 Å². The summed E-state index contributed by atoms with van der Waals surface area (Å²) in [5.41, 5.74) is 2.07. The second-order valence-electron chi connectivity index (χ2n) is 5.51. The quantitative estimate of drug-likeness (QED) is 0.848. The summed E-state index contributed by atoms with van der Waals surface area (Å²) in [6.07, 6.45) is 5.46. The van der Waals surface area contributed by atoms with Crippen molar-refractivity contribution in [3.63, 3.8) is 0 Å². The van der Waals surface area contributed by atoms with Crippen molar-refractivity contribution in [1.29, 1.82) is 0 Å². The zero-order valence-corrected chi connectivity index (χ0v) is 11.6. The lowest BCUT2D eigenvalue weighted by molar-refractivity contribution is 0.439. The highest BCUT2D eigenvalue weighted by molar-refractivity contribution is 9.10. The molecule has 2 aliphatic carbocycles. The molecule has 1 aromatic rings. The van der Waals surface area contributed by atoms with Crippen LogP contribution < -0.4 is 5.32 Å². The molecule has 2 aliphatic rings. The number of hydrogen-bond acceptors (Lipinski definition) is 1. The first-order chi connectivity index (χ1) is 8.13. The zero-order valence-electron chi connectivity index (χ0n) is 9.97. The molecule has 2 fully saturated rings. The van der Waals surface area contributed by atoms with Gasteiger partial charge in [-0.25, -0.2) is 4.39 Å². The van der Waals surface area contributed by atoms with Crippen molar-refractivity contribution in [2.75, 3.05) is 5.32 Å². The first-order valence-corrected chi connectivity index (χ1v) is 7.15. The van der Waals surface area contributed by atoms with Gasteiger partial charge >= 0.3 is 0 Å². The molecular weight excluding hydrogens is 281 g/mol. The number of aryl methyl sites for hydroxylation is 1. The predicted molar refractivity (Wildman–Crippen MR) is 71.7 cm³/mol. The number of hydrogen-bond donors (Lipinski definition) is 1. The van der Waals surface area contributed by atoms with Crippen LogP contribution in [0.5, 0.6) is 0 Å². The molecule has 0 aromatic heterocycles. The van der Waals surface area contributed by atoms with Crippen LogP contribution in [0.25, 0.3) is 0 Å². The van der Waals surface area contributed by atoms with Gasteiger partial charge in [0.15, 0.2) is 0 Å². The van der Waals surface area contributed by atoms with Crippen LogP contribution in [0, 0.1) is 24.6 Å². The van der Waals surface area contributed by atoms with E-state index in [1.807, 2.05) is 13.0 Å². The van der Waals surface area contributed by atoms with E-state index in [1.165, 1.54) is 25.7 Å². The van der Waals surface area contributed by atoms with Crippen molar-refractivity contribution < 1.29 is 4.39 Å². The molecule has 1 nitrogen and oxygen atoms in total. The van der Waals surface area contributed by atoms with Gasteiger partial charge in [-0.3, -0.25) is 0 Å². The van der Waals surface area contributed by atoms with Crippen LogP contribution in [0.1, 0.15) is 31.2 Å². The molecule has 0 spiro atoms. The van der Waals surface area contributed by atoms with Gasteiger partial charge in [-0.2, -0.15) is 0 Å². The van der Waals surface area contributed by atoms with Gasteiger partial charge in [-0.15, -0.1) is 0 Å². The fourth-order valence-electron chi connectivity index (χ4n) is 3.42. The summed E-state index contributed by atoms with van der Waals surface area (Å²) in [5, 5.41) is 3.61. The molecule has 0 saturated heterocycles. The molecule has 0 amide bonds. The summed E-state index contributed by atoms with van der Waals surface area (Å²) in [5.74, 6) is 1.59. The summed E-state index contributed by atoms with van der Waals surface area (Å²) in [6, 6.07) is 4.07. The molecule has 1 N–H and O–H groups in total. The van der Waals surface area contributed by atoms with Gasteiger partial charge in [-0.1, -0.05) is 6.42 Å². The molecule has 2 bridgehead atoms. The van der Waals surface area contributed by atoms with E-state index >= 15 is 0 Å². The molecule has 3 unspecified atom stereocenters. The summed E-state index contributed by atoms with van der Waals surface area (Å²) in [4.78, 5) is 0. The smallest absolute Gasteiger partial charge is 0.137 e. The second-order valence-corrected chi connectivity index (χ2v) is 6.36. The SMILES string of the molecule is Cc1cc(F)c(Br)cc1NC1CC2CCC1C2. The molecule has 3 heteroatoms. The van der Waals surface area contributed by atoms with Crippen LogP contribution in [0.3, 0.4) is 0 Å². The Bertz CT molecular complexity index is 446. The topological polar surface area (TPSA) is 12.0 Å². The molecule has 1 aromatic carbocycles. The Kier molecular flexibility index (Phi) is 2.89. The molecule has 2 saturated carbocycles. The van der Waals surface area contributed by atoms with Gasteiger partial charge in [-0.05, 0) is 71.6 Å². The van der Waals surface area contributed by atoms with Gasteiger partial charge in [0.25, 0.3) is 0 Å². The number of rotatable bonds is 2. The lowest BCUT2D eigenvalue weighted by Crippen LogP contribution is -2.26. The van der Waals surface area contributed by atoms with Crippen molar-refractivity contribution in [1.82, 2.24) is 0 Å². The minimum atomic E-state index is -0.180. The van der Waals surface area contributed by atoms with Crippen LogP contribution >= 0.6 is 15.9 Å². The first kappa shape index (κ1) is 11.5. The van der Waals surface area contributed by atoms with Crippen molar-refractivity contribution in [3.05, 3.63) is 28.0 Å². The fourth-order valence-corrected chi connectivity index (χ4v) is 3.77. The highest BCUT2D eigenvalue weighted by Crippen LogP contribution is 2.45. The van der Waals surface area contributed by atoms with Crippen molar-refractivity contribution in [2.45, 2.75) is 38.6 Å². The Morgan fingerprint density at radius 1 is 1.29 bits per heavy atom. The Labute approximate surface area is 110 Å². The molecule has 3 atom stereocenters. The highest BCUT2D eigenvalue weighted by atomic mass is 79.9. The van der Waals surface area contributed by atoms with E-state index in [0.717, 1.165) is 23.1 Å². The molecule has 17 heavy (non-hydrogen) atoms. The summed E-state index contributed by atoms with van der Waals surface area (Å²) in [6.45, 7) is 1.96. The monoisotopic (exact) mass is 297 g/mol. The van der Waals surface area contributed by atoms with Gasteiger partial charge in [0.2, 0.25) is 0 Å². The molecule has 0 radical (unpaired) electrons. The summed E-state index contributed by atoms with van der Waals surface area (Å²) in [7, 11) is 0. The van der Waals surface area contributed by atoms with Crippen molar-refractivity contribution in [2.24, 2.45) is 11.8 Å². The largest absolute Gasteiger partial charge is 0.382 e. The van der Waals surface area contributed by atoms with Crippen LogP contribution in [0.2, 0.25) is 0 Å². The molecule has 3 rings (SSSR count). The summed E-state index contributed by atoms with van der Waals surface area (Å²) < 4.78 is 13.9. The molecule has 0 heterocycles. The van der Waals surface area contributed by atoms with Crippen LogP contribution in [-0.2, 0) is 0 Å². The van der Waals surface area contributed by atoms with Gasteiger partial charge in [0, 0.05) is 11.7 Å². The van der Waals surface area contributed by atoms with E-state index in [1.54, 1.807) is 6.07 Å². The fraction of sp³-hybridized carbons (Fsp3) is 0.571. The third-order valence-corrected chi connectivity index (χ3v) is 4.95. The Hall–Kier alpha value is -0.570. The molecule has 92 valence electrons. The van der Waals surface area contributed by atoms with Gasteiger partial charge in [0.1, 0.15) is 5.82 Å². The number of anilines is 1. The summed E-state index contributed by atoms with van der Waals surface area (Å²) >= 11 is 3.26. The van der Waals surface area contributed by atoms with Crippen LogP contribution in [0.4, 0.5) is 10.1 Å². The Balaban J connectivity index is 1.79. The van der Waals surface area contributed by atoms with E-state index in [2.05, 4.69) is 21.2 Å². The predicted octanol–water partition coefficient (Wildman–Crippen LogP) is 4.50. The Morgan fingerprint density at radius 2 is 2.12 bits per heavy atom. The van der Waals surface area contributed by atoms with Gasteiger partial charge in [0.05, 0.1) is 4.47 Å². The Morgan fingerprint density at radius 3 is 2.76 bits per heavy atom. The average molecular weight is 298 g/mol. The number of benzene rings is 1. The maximum Gasteiger partial charge on any atom is 0.137 e. The minimum absolute atomic E-state index is 0.180. The second kappa shape index (κ2) is 4.27. The maximum absolute atomic E-state index is 13.3. The molecular formula is C14H17BrFN. The van der Waals surface area contributed by atoms with E-state index < -0.39 is 0 Å². The lowest BCUT2D eigenvalue weighted by Gasteiger charge is -2.25. The molecule has 0 aliphatic heterocycles. The standard InChI is InChI=1S/C14H17BrFN/c1-8-4-12(16)11(15)7-13(8)17-14-6-9-2-3-10(14)5-9/h4,7,9-10,14,17H,2-3,5-6H2,1H3. The lowest BCUT2D eigenvalue weighted by atomic mass is 9.95. The third kappa shape index (κ3) is 2.10. The zero-order chi connectivity index (χ0) is 12.0. The van der Waals surface area contributed by atoms with Crippen LogP contribution in [-0.4, -0.2) is 6.04 Å².